The van der Waals surface area contributed by atoms with E-state index in [1.807, 2.05) is 6.07 Å². The summed E-state index contributed by atoms with van der Waals surface area (Å²) in [6, 6.07) is 10.3. The number of alkyl halides is 3. The molecular formula is C20H19F4NO2. The van der Waals surface area contributed by atoms with E-state index in [1.165, 1.54) is 12.1 Å². The lowest BCUT2D eigenvalue weighted by Gasteiger charge is -2.38. The van der Waals surface area contributed by atoms with Crippen LogP contribution in [0.1, 0.15) is 34.3 Å². The average Bonchev–Trinajstić information content (AvgIpc) is 2.66. The largest absolute Gasteiger partial charge is 0.416 e. The summed E-state index contributed by atoms with van der Waals surface area (Å²) in [5.41, 5.74) is -0.357. The zero-order valence-corrected chi connectivity index (χ0v) is 14.5. The Bertz CT molecular complexity index is 796. The van der Waals surface area contributed by atoms with E-state index < -0.39 is 23.1 Å². The Balaban J connectivity index is 1.75. The fourth-order valence-corrected chi connectivity index (χ4v) is 3.31. The maximum atomic E-state index is 13.7. The first-order valence-corrected chi connectivity index (χ1v) is 8.59. The van der Waals surface area contributed by atoms with Crippen molar-refractivity contribution >= 4 is 5.91 Å². The quantitative estimate of drug-likeness (QED) is 0.801. The fraction of sp³-hybridized carbons (Fsp3) is 0.350. The zero-order valence-electron chi connectivity index (χ0n) is 14.5. The summed E-state index contributed by atoms with van der Waals surface area (Å²) in [6.45, 7) is 1.24. The lowest BCUT2D eigenvalue weighted by molar-refractivity contribution is -0.137. The van der Waals surface area contributed by atoms with E-state index in [0.29, 0.717) is 26.1 Å². The van der Waals surface area contributed by atoms with Crippen molar-refractivity contribution in [1.29, 1.82) is 0 Å². The summed E-state index contributed by atoms with van der Waals surface area (Å²) < 4.78 is 57.0. The van der Waals surface area contributed by atoms with Gasteiger partial charge in [0.25, 0.3) is 5.91 Å². The van der Waals surface area contributed by atoms with Crippen LogP contribution in [0.5, 0.6) is 0 Å². The van der Waals surface area contributed by atoms with Crippen LogP contribution in [0.3, 0.4) is 0 Å². The Morgan fingerprint density at radius 1 is 1.07 bits per heavy atom. The normalized spacial score (nSPS) is 16.7. The van der Waals surface area contributed by atoms with Crippen molar-refractivity contribution in [3.8, 4) is 0 Å². The highest BCUT2D eigenvalue weighted by Gasteiger charge is 2.35. The molecule has 2 aromatic rings. The lowest BCUT2D eigenvalue weighted by Crippen LogP contribution is -2.44. The summed E-state index contributed by atoms with van der Waals surface area (Å²) in [5, 5.41) is 2.79. The molecule has 27 heavy (non-hydrogen) atoms. The average molecular weight is 381 g/mol. The number of halogens is 4. The zero-order chi connectivity index (χ0) is 19.5. The number of hydrogen-bond acceptors (Lipinski definition) is 2. The second kappa shape index (κ2) is 7.68. The molecule has 2 aromatic carbocycles. The molecule has 1 heterocycles. The molecule has 1 amide bonds. The number of hydrogen-bond donors (Lipinski definition) is 1. The maximum Gasteiger partial charge on any atom is 0.416 e. The van der Waals surface area contributed by atoms with Gasteiger partial charge in [0.1, 0.15) is 5.82 Å². The van der Waals surface area contributed by atoms with Gasteiger partial charge < -0.3 is 10.1 Å². The molecule has 0 aliphatic carbocycles. The van der Waals surface area contributed by atoms with Crippen LogP contribution in [0.4, 0.5) is 17.6 Å². The van der Waals surface area contributed by atoms with Crippen LogP contribution in [-0.2, 0) is 16.3 Å². The molecule has 0 spiro atoms. The fourth-order valence-electron chi connectivity index (χ4n) is 3.31. The molecule has 0 atom stereocenters. The van der Waals surface area contributed by atoms with Gasteiger partial charge in [0.05, 0.1) is 5.56 Å². The second-order valence-corrected chi connectivity index (χ2v) is 6.66. The number of nitrogens with one attached hydrogen (secondary N) is 1. The summed E-state index contributed by atoms with van der Waals surface area (Å²) >= 11 is 0. The van der Waals surface area contributed by atoms with Crippen molar-refractivity contribution < 1.29 is 27.1 Å². The topological polar surface area (TPSA) is 38.3 Å². The molecule has 1 N–H and O–H groups in total. The molecule has 1 aliphatic heterocycles. The van der Waals surface area contributed by atoms with E-state index >= 15 is 0 Å². The van der Waals surface area contributed by atoms with Crippen molar-refractivity contribution in [3.05, 3.63) is 71.0 Å². The number of ether oxygens (including phenoxy) is 1. The third kappa shape index (κ3) is 4.47. The molecule has 0 unspecified atom stereocenters. The van der Waals surface area contributed by atoms with E-state index in [4.69, 9.17) is 4.74 Å². The first kappa shape index (κ1) is 19.4. The highest BCUT2D eigenvalue weighted by atomic mass is 19.4. The van der Waals surface area contributed by atoms with Crippen LogP contribution in [-0.4, -0.2) is 25.7 Å². The Morgan fingerprint density at radius 3 is 2.33 bits per heavy atom. The molecule has 1 saturated heterocycles. The molecule has 3 nitrogen and oxygen atoms in total. The Hall–Kier alpha value is -2.41. The van der Waals surface area contributed by atoms with Gasteiger partial charge in [-0.15, -0.1) is 0 Å². The van der Waals surface area contributed by atoms with Gasteiger partial charge in [-0.05, 0) is 54.8 Å². The van der Waals surface area contributed by atoms with Crippen molar-refractivity contribution in [1.82, 2.24) is 5.32 Å². The van der Waals surface area contributed by atoms with Crippen molar-refractivity contribution in [2.24, 2.45) is 0 Å². The highest BCUT2D eigenvalue weighted by molar-refractivity contribution is 5.94. The standard InChI is InChI=1S/C20H19F4NO2/c21-17-3-1-2-16(12-17)19(8-10-27-11-9-19)13-25-18(26)14-4-6-15(7-5-14)20(22,23)24/h1-7,12H,8-11,13H2,(H,25,26). The van der Waals surface area contributed by atoms with E-state index in [1.54, 1.807) is 6.07 Å². The smallest absolute Gasteiger partial charge is 0.381 e. The van der Waals surface area contributed by atoms with Gasteiger partial charge in [-0.25, -0.2) is 4.39 Å². The molecule has 0 radical (unpaired) electrons. The first-order chi connectivity index (χ1) is 12.8. The van der Waals surface area contributed by atoms with Crippen LogP contribution in [0.25, 0.3) is 0 Å². The minimum atomic E-state index is -4.45. The molecule has 7 heteroatoms. The van der Waals surface area contributed by atoms with E-state index in [9.17, 15) is 22.4 Å². The molecule has 0 aromatic heterocycles. The van der Waals surface area contributed by atoms with Gasteiger partial charge >= 0.3 is 6.18 Å². The minimum absolute atomic E-state index is 0.143. The van der Waals surface area contributed by atoms with Crippen molar-refractivity contribution in [2.75, 3.05) is 19.8 Å². The summed E-state index contributed by atoms with van der Waals surface area (Å²) in [6.07, 6.45) is -3.22. The Morgan fingerprint density at radius 2 is 1.74 bits per heavy atom. The third-order valence-corrected chi connectivity index (χ3v) is 4.95. The number of rotatable bonds is 4. The maximum absolute atomic E-state index is 13.7. The third-order valence-electron chi connectivity index (χ3n) is 4.95. The van der Waals surface area contributed by atoms with Gasteiger partial charge in [-0.2, -0.15) is 13.2 Å². The summed E-state index contributed by atoms with van der Waals surface area (Å²) in [5.74, 6) is -0.821. The molecule has 0 bridgehead atoms. The van der Waals surface area contributed by atoms with Crippen LogP contribution in [0.2, 0.25) is 0 Å². The van der Waals surface area contributed by atoms with E-state index in [0.717, 1.165) is 29.8 Å². The van der Waals surface area contributed by atoms with Gasteiger partial charge in [-0.3, -0.25) is 4.79 Å². The van der Waals surface area contributed by atoms with Crippen molar-refractivity contribution in [2.45, 2.75) is 24.4 Å². The molecular weight excluding hydrogens is 362 g/mol. The first-order valence-electron chi connectivity index (χ1n) is 8.59. The van der Waals surface area contributed by atoms with Crippen LogP contribution in [0, 0.1) is 5.82 Å². The second-order valence-electron chi connectivity index (χ2n) is 6.66. The number of carbonyl (C=O) groups is 1. The van der Waals surface area contributed by atoms with Gasteiger partial charge in [0, 0.05) is 30.7 Å². The molecule has 3 rings (SSSR count). The van der Waals surface area contributed by atoms with Crippen molar-refractivity contribution in [3.63, 3.8) is 0 Å². The van der Waals surface area contributed by atoms with Gasteiger partial charge in [0.15, 0.2) is 0 Å². The summed E-state index contributed by atoms with van der Waals surface area (Å²) in [7, 11) is 0. The minimum Gasteiger partial charge on any atom is -0.381 e. The Kier molecular flexibility index (Phi) is 5.51. The number of carbonyl (C=O) groups excluding carboxylic acids is 1. The molecule has 144 valence electrons. The summed E-state index contributed by atoms with van der Waals surface area (Å²) in [4.78, 5) is 12.4. The lowest BCUT2D eigenvalue weighted by atomic mass is 9.74. The van der Waals surface area contributed by atoms with Gasteiger partial charge in [-0.1, -0.05) is 12.1 Å². The van der Waals surface area contributed by atoms with Crippen LogP contribution >= 0.6 is 0 Å². The van der Waals surface area contributed by atoms with E-state index in [-0.39, 0.29) is 17.9 Å². The molecule has 1 aliphatic rings. The van der Waals surface area contributed by atoms with Crippen LogP contribution in [0.15, 0.2) is 48.5 Å². The van der Waals surface area contributed by atoms with Crippen LogP contribution < -0.4 is 5.32 Å². The Labute approximate surface area is 154 Å². The predicted molar refractivity (Wildman–Crippen MR) is 91.9 cm³/mol. The van der Waals surface area contributed by atoms with Gasteiger partial charge in [0.2, 0.25) is 0 Å². The number of amides is 1. The molecule has 1 fully saturated rings. The monoisotopic (exact) mass is 381 g/mol. The molecule has 0 saturated carbocycles. The predicted octanol–water partition coefficient (Wildman–Crippen LogP) is 4.32. The SMILES string of the molecule is O=C(NCC1(c2cccc(F)c2)CCOCC1)c1ccc(C(F)(F)F)cc1. The highest BCUT2D eigenvalue weighted by Crippen LogP contribution is 2.35. The number of benzene rings is 2. The van der Waals surface area contributed by atoms with E-state index in [2.05, 4.69) is 5.32 Å².